The first-order chi connectivity index (χ1) is 8.35. The van der Waals surface area contributed by atoms with E-state index in [0.717, 1.165) is 31.8 Å². The molecule has 1 unspecified atom stereocenters. The quantitative estimate of drug-likeness (QED) is 0.751. The fourth-order valence-corrected chi connectivity index (χ4v) is 2.44. The van der Waals surface area contributed by atoms with E-state index in [4.69, 9.17) is 0 Å². The van der Waals surface area contributed by atoms with Crippen molar-refractivity contribution in [3.8, 4) is 0 Å². The zero-order valence-corrected chi connectivity index (χ0v) is 11.0. The van der Waals surface area contributed by atoms with Crippen molar-refractivity contribution in [2.45, 2.75) is 58.5 Å². The van der Waals surface area contributed by atoms with Gasteiger partial charge in [0, 0.05) is 12.6 Å². The highest BCUT2D eigenvalue weighted by Gasteiger charge is 2.30. The van der Waals surface area contributed by atoms with Gasteiger partial charge in [0.15, 0.2) is 0 Å². The summed E-state index contributed by atoms with van der Waals surface area (Å²) in [4.78, 5) is 0. The van der Waals surface area contributed by atoms with Crippen molar-refractivity contribution in [3.05, 3.63) is 11.9 Å². The molecule has 0 aromatic carbocycles. The lowest BCUT2D eigenvalue weighted by molar-refractivity contribution is 0.437. The molecular weight excluding hydrogens is 212 g/mol. The van der Waals surface area contributed by atoms with E-state index in [2.05, 4.69) is 34.2 Å². The highest BCUT2D eigenvalue weighted by molar-refractivity contribution is 4.97. The number of aromatic nitrogens is 3. The molecule has 1 fully saturated rings. The number of aryl methyl sites for hydroxylation is 2. The number of rotatable bonds is 8. The molecule has 4 heteroatoms. The third-order valence-electron chi connectivity index (χ3n) is 3.50. The normalized spacial score (nSPS) is 17.3. The first-order valence-electron chi connectivity index (χ1n) is 6.95. The van der Waals surface area contributed by atoms with E-state index in [-0.39, 0.29) is 0 Å². The van der Waals surface area contributed by atoms with E-state index in [1.807, 2.05) is 6.20 Å². The predicted octanol–water partition coefficient (Wildman–Crippen LogP) is 2.01. The van der Waals surface area contributed by atoms with Crippen molar-refractivity contribution in [1.82, 2.24) is 20.3 Å². The monoisotopic (exact) mass is 236 g/mol. The Bertz CT molecular complexity index is 330. The zero-order chi connectivity index (χ0) is 12.1. The standard InChI is InChI=1S/C13H24N4/c1-3-9-17-12(10-15-16-17)7-8-13(14-4-2)11-5-6-11/h10-11,13-14H,3-9H2,1-2H3. The van der Waals surface area contributed by atoms with Crippen molar-refractivity contribution in [2.24, 2.45) is 5.92 Å². The summed E-state index contributed by atoms with van der Waals surface area (Å²) in [6.45, 7) is 6.44. The molecule has 2 rings (SSSR count). The summed E-state index contributed by atoms with van der Waals surface area (Å²) in [7, 11) is 0. The van der Waals surface area contributed by atoms with Crippen molar-refractivity contribution >= 4 is 0 Å². The van der Waals surface area contributed by atoms with Gasteiger partial charge in [-0.3, -0.25) is 0 Å². The second kappa shape index (κ2) is 6.15. The Balaban J connectivity index is 1.84. The Hall–Kier alpha value is -0.900. The molecule has 0 radical (unpaired) electrons. The Kier molecular flexibility index (Phi) is 4.54. The smallest absolute Gasteiger partial charge is 0.0725 e. The molecule has 1 aliphatic carbocycles. The van der Waals surface area contributed by atoms with Crippen LogP contribution in [0.2, 0.25) is 0 Å². The van der Waals surface area contributed by atoms with Crippen LogP contribution >= 0.6 is 0 Å². The summed E-state index contributed by atoms with van der Waals surface area (Å²) < 4.78 is 2.05. The van der Waals surface area contributed by atoms with Crippen LogP contribution in [0.1, 0.15) is 45.2 Å². The molecule has 1 aliphatic rings. The van der Waals surface area contributed by atoms with Gasteiger partial charge >= 0.3 is 0 Å². The summed E-state index contributed by atoms with van der Waals surface area (Å²) >= 11 is 0. The van der Waals surface area contributed by atoms with Gasteiger partial charge in [0.1, 0.15) is 0 Å². The lowest BCUT2D eigenvalue weighted by Gasteiger charge is -2.17. The fraction of sp³-hybridized carbons (Fsp3) is 0.846. The molecule has 0 bridgehead atoms. The van der Waals surface area contributed by atoms with Gasteiger partial charge in [-0.2, -0.15) is 0 Å². The second-order valence-electron chi connectivity index (χ2n) is 4.99. The van der Waals surface area contributed by atoms with E-state index in [1.54, 1.807) is 0 Å². The summed E-state index contributed by atoms with van der Waals surface area (Å²) in [6, 6.07) is 0.699. The molecule has 17 heavy (non-hydrogen) atoms. The SMILES string of the molecule is CCCn1nncc1CCC(NCC)C1CC1. The zero-order valence-electron chi connectivity index (χ0n) is 11.0. The van der Waals surface area contributed by atoms with Gasteiger partial charge in [-0.05, 0) is 44.6 Å². The van der Waals surface area contributed by atoms with Crippen molar-refractivity contribution in [1.29, 1.82) is 0 Å². The Labute approximate surface area is 104 Å². The molecule has 0 aliphatic heterocycles. The average molecular weight is 236 g/mol. The highest BCUT2D eigenvalue weighted by atomic mass is 15.4. The van der Waals surface area contributed by atoms with Gasteiger partial charge < -0.3 is 5.32 Å². The summed E-state index contributed by atoms with van der Waals surface area (Å²) in [5, 5.41) is 11.8. The summed E-state index contributed by atoms with van der Waals surface area (Å²) in [5.74, 6) is 0.922. The summed E-state index contributed by atoms with van der Waals surface area (Å²) in [5.41, 5.74) is 1.29. The number of hydrogen-bond donors (Lipinski definition) is 1. The van der Waals surface area contributed by atoms with Gasteiger partial charge in [-0.1, -0.05) is 19.1 Å². The minimum atomic E-state index is 0.699. The maximum atomic E-state index is 4.14. The lowest BCUT2D eigenvalue weighted by Crippen LogP contribution is -2.31. The van der Waals surface area contributed by atoms with Gasteiger partial charge in [-0.15, -0.1) is 5.10 Å². The van der Waals surface area contributed by atoms with Crippen LogP contribution in [-0.4, -0.2) is 27.6 Å². The van der Waals surface area contributed by atoms with Crippen LogP contribution in [0.4, 0.5) is 0 Å². The third-order valence-corrected chi connectivity index (χ3v) is 3.50. The molecule has 1 saturated carbocycles. The molecule has 4 nitrogen and oxygen atoms in total. The van der Waals surface area contributed by atoms with E-state index in [9.17, 15) is 0 Å². The van der Waals surface area contributed by atoms with Crippen LogP contribution in [0.15, 0.2) is 6.20 Å². The molecule has 1 aromatic heterocycles. The molecule has 0 amide bonds. The topological polar surface area (TPSA) is 42.7 Å². The van der Waals surface area contributed by atoms with E-state index in [0.29, 0.717) is 6.04 Å². The number of hydrogen-bond acceptors (Lipinski definition) is 3. The minimum absolute atomic E-state index is 0.699. The van der Waals surface area contributed by atoms with Gasteiger partial charge in [0.2, 0.25) is 0 Å². The maximum Gasteiger partial charge on any atom is 0.0725 e. The van der Waals surface area contributed by atoms with Gasteiger partial charge in [0.05, 0.1) is 11.9 Å². The van der Waals surface area contributed by atoms with Crippen LogP contribution in [0.3, 0.4) is 0 Å². The van der Waals surface area contributed by atoms with Crippen LogP contribution < -0.4 is 5.32 Å². The van der Waals surface area contributed by atoms with E-state index in [1.165, 1.54) is 25.0 Å². The Morgan fingerprint density at radius 3 is 2.94 bits per heavy atom. The predicted molar refractivity (Wildman–Crippen MR) is 68.8 cm³/mol. The van der Waals surface area contributed by atoms with Crippen LogP contribution in [0, 0.1) is 5.92 Å². The Morgan fingerprint density at radius 1 is 1.47 bits per heavy atom. The van der Waals surface area contributed by atoms with E-state index < -0.39 is 0 Å². The van der Waals surface area contributed by atoms with Crippen LogP contribution in [0.5, 0.6) is 0 Å². The Morgan fingerprint density at radius 2 is 2.29 bits per heavy atom. The largest absolute Gasteiger partial charge is 0.314 e. The molecular formula is C13H24N4. The van der Waals surface area contributed by atoms with Crippen LogP contribution in [0.25, 0.3) is 0 Å². The van der Waals surface area contributed by atoms with Crippen molar-refractivity contribution in [3.63, 3.8) is 0 Å². The molecule has 1 aromatic rings. The molecule has 0 spiro atoms. The number of nitrogens with zero attached hydrogens (tertiary/aromatic N) is 3. The van der Waals surface area contributed by atoms with Gasteiger partial charge in [-0.25, -0.2) is 4.68 Å². The molecule has 0 saturated heterocycles. The van der Waals surface area contributed by atoms with Crippen molar-refractivity contribution < 1.29 is 0 Å². The summed E-state index contributed by atoms with van der Waals surface area (Å²) in [6.07, 6.45) is 8.17. The third kappa shape index (κ3) is 3.53. The van der Waals surface area contributed by atoms with E-state index >= 15 is 0 Å². The first-order valence-corrected chi connectivity index (χ1v) is 6.95. The van der Waals surface area contributed by atoms with Gasteiger partial charge in [0.25, 0.3) is 0 Å². The number of nitrogens with one attached hydrogen (secondary N) is 1. The average Bonchev–Trinajstić information content (AvgIpc) is 3.07. The highest BCUT2D eigenvalue weighted by Crippen LogP contribution is 2.34. The minimum Gasteiger partial charge on any atom is -0.314 e. The molecule has 96 valence electrons. The maximum absolute atomic E-state index is 4.14. The first kappa shape index (κ1) is 12.6. The lowest BCUT2D eigenvalue weighted by atomic mass is 10.1. The second-order valence-corrected chi connectivity index (χ2v) is 4.99. The van der Waals surface area contributed by atoms with Crippen LogP contribution in [-0.2, 0) is 13.0 Å². The molecule has 1 heterocycles. The fourth-order valence-electron chi connectivity index (χ4n) is 2.44. The molecule has 1 N–H and O–H groups in total. The molecule has 1 atom stereocenters. The van der Waals surface area contributed by atoms with Crippen molar-refractivity contribution in [2.75, 3.05) is 6.54 Å².